The largest absolute Gasteiger partial charge is 0.380 e. The first-order valence-corrected chi connectivity index (χ1v) is 7.25. The molecule has 0 radical (unpaired) electrons. The molecule has 3 heterocycles. The summed E-state index contributed by atoms with van der Waals surface area (Å²) in [6, 6.07) is 8.24. The topological polar surface area (TPSA) is 50.3 Å². The van der Waals surface area contributed by atoms with Crippen molar-refractivity contribution in [1.29, 1.82) is 0 Å². The molecule has 0 aliphatic carbocycles. The Hall–Kier alpha value is -2.14. The Bertz CT molecular complexity index is 562. The van der Waals surface area contributed by atoms with Crippen molar-refractivity contribution < 1.29 is 4.74 Å². The van der Waals surface area contributed by atoms with E-state index in [1.54, 1.807) is 0 Å². The number of anilines is 2. The third-order valence-electron chi connectivity index (χ3n) is 3.55. The molecule has 5 heteroatoms. The van der Waals surface area contributed by atoms with E-state index in [0.29, 0.717) is 0 Å². The second kappa shape index (κ2) is 6.54. The molecule has 0 amide bonds. The van der Waals surface area contributed by atoms with Crippen LogP contribution in [0.4, 0.5) is 11.5 Å². The molecular weight excluding hydrogens is 264 g/mol. The number of hydrogen-bond donors (Lipinski definition) is 1. The minimum absolute atomic E-state index is 0.756. The van der Waals surface area contributed by atoms with Crippen molar-refractivity contribution in [2.24, 2.45) is 0 Å². The number of hydrogen-bond acceptors (Lipinski definition) is 5. The average molecular weight is 284 g/mol. The SMILES string of the molecule is Cc1ccc(CNc2ccc(N3CCOCC3)nc2)cn1. The van der Waals surface area contributed by atoms with E-state index < -0.39 is 0 Å². The average Bonchev–Trinajstić information content (AvgIpc) is 2.56. The summed E-state index contributed by atoms with van der Waals surface area (Å²) in [5.41, 5.74) is 3.22. The molecule has 1 fully saturated rings. The van der Waals surface area contributed by atoms with Gasteiger partial charge in [-0.05, 0) is 30.7 Å². The summed E-state index contributed by atoms with van der Waals surface area (Å²) in [4.78, 5) is 11.1. The van der Waals surface area contributed by atoms with E-state index in [1.807, 2.05) is 25.4 Å². The van der Waals surface area contributed by atoms with Gasteiger partial charge in [0.25, 0.3) is 0 Å². The molecule has 5 nitrogen and oxygen atoms in total. The van der Waals surface area contributed by atoms with Crippen LogP contribution < -0.4 is 10.2 Å². The first-order chi connectivity index (χ1) is 10.3. The van der Waals surface area contributed by atoms with Crippen LogP contribution in [0.3, 0.4) is 0 Å². The lowest BCUT2D eigenvalue weighted by atomic mass is 10.2. The van der Waals surface area contributed by atoms with Crippen LogP contribution in [0.15, 0.2) is 36.7 Å². The molecule has 110 valence electrons. The fourth-order valence-electron chi connectivity index (χ4n) is 2.28. The Morgan fingerprint density at radius 2 is 1.95 bits per heavy atom. The maximum absolute atomic E-state index is 5.35. The Morgan fingerprint density at radius 3 is 2.62 bits per heavy atom. The summed E-state index contributed by atoms with van der Waals surface area (Å²) in [5, 5.41) is 3.36. The smallest absolute Gasteiger partial charge is 0.128 e. The quantitative estimate of drug-likeness (QED) is 0.933. The van der Waals surface area contributed by atoms with Crippen LogP contribution in [0.1, 0.15) is 11.3 Å². The summed E-state index contributed by atoms with van der Waals surface area (Å²) in [7, 11) is 0. The first-order valence-electron chi connectivity index (χ1n) is 7.25. The molecule has 0 aromatic carbocycles. The first kappa shape index (κ1) is 13.8. The van der Waals surface area contributed by atoms with Gasteiger partial charge in [-0.2, -0.15) is 0 Å². The van der Waals surface area contributed by atoms with Crippen molar-refractivity contribution in [3.63, 3.8) is 0 Å². The van der Waals surface area contributed by atoms with Gasteiger partial charge in [-0.25, -0.2) is 4.98 Å². The zero-order chi connectivity index (χ0) is 14.5. The van der Waals surface area contributed by atoms with Gasteiger partial charge in [0.2, 0.25) is 0 Å². The van der Waals surface area contributed by atoms with Gasteiger partial charge in [0.15, 0.2) is 0 Å². The number of ether oxygens (including phenoxy) is 1. The van der Waals surface area contributed by atoms with Crippen LogP contribution in [0.2, 0.25) is 0 Å². The van der Waals surface area contributed by atoms with E-state index in [-0.39, 0.29) is 0 Å². The normalized spacial score (nSPS) is 15.0. The number of morpholine rings is 1. The molecule has 1 aliphatic rings. The number of nitrogens with one attached hydrogen (secondary N) is 1. The van der Waals surface area contributed by atoms with Crippen LogP contribution in [-0.4, -0.2) is 36.3 Å². The zero-order valence-electron chi connectivity index (χ0n) is 12.2. The van der Waals surface area contributed by atoms with E-state index in [9.17, 15) is 0 Å². The molecule has 1 saturated heterocycles. The lowest BCUT2D eigenvalue weighted by Crippen LogP contribution is -2.36. The number of nitrogens with zero attached hydrogens (tertiary/aromatic N) is 3. The van der Waals surface area contributed by atoms with Crippen molar-refractivity contribution in [3.05, 3.63) is 47.9 Å². The molecule has 1 aliphatic heterocycles. The molecule has 2 aromatic rings. The molecule has 0 unspecified atom stereocenters. The van der Waals surface area contributed by atoms with Crippen molar-refractivity contribution in [2.75, 3.05) is 36.5 Å². The van der Waals surface area contributed by atoms with Gasteiger partial charge in [-0.3, -0.25) is 4.98 Å². The lowest BCUT2D eigenvalue weighted by molar-refractivity contribution is 0.122. The molecule has 21 heavy (non-hydrogen) atoms. The Labute approximate surface area is 125 Å². The summed E-state index contributed by atoms with van der Waals surface area (Å²) in [6.07, 6.45) is 3.78. The predicted octanol–water partition coefficient (Wildman–Crippen LogP) is 2.23. The maximum Gasteiger partial charge on any atom is 0.128 e. The van der Waals surface area contributed by atoms with Gasteiger partial charge in [-0.15, -0.1) is 0 Å². The fraction of sp³-hybridized carbons (Fsp3) is 0.375. The van der Waals surface area contributed by atoms with Gasteiger partial charge in [0.05, 0.1) is 25.1 Å². The van der Waals surface area contributed by atoms with Crippen LogP contribution in [-0.2, 0) is 11.3 Å². The molecule has 1 N–H and O–H groups in total. The fourth-order valence-corrected chi connectivity index (χ4v) is 2.28. The van der Waals surface area contributed by atoms with E-state index in [1.165, 1.54) is 0 Å². The van der Waals surface area contributed by atoms with Crippen LogP contribution in [0.25, 0.3) is 0 Å². The predicted molar refractivity (Wildman–Crippen MR) is 83.6 cm³/mol. The van der Waals surface area contributed by atoms with Gasteiger partial charge in [0.1, 0.15) is 5.82 Å². The third-order valence-corrected chi connectivity index (χ3v) is 3.55. The second-order valence-electron chi connectivity index (χ2n) is 5.17. The summed E-state index contributed by atoms with van der Waals surface area (Å²) in [5.74, 6) is 1.01. The number of aromatic nitrogens is 2. The highest BCUT2D eigenvalue weighted by molar-refractivity contribution is 5.49. The van der Waals surface area contributed by atoms with Crippen LogP contribution >= 0.6 is 0 Å². The molecular formula is C16H20N4O. The van der Waals surface area contributed by atoms with E-state index in [0.717, 1.165) is 55.6 Å². The van der Waals surface area contributed by atoms with E-state index in [2.05, 4.69) is 38.4 Å². The van der Waals surface area contributed by atoms with E-state index >= 15 is 0 Å². The monoisotopic (exact) mass is 284 g/mol. The van der Waals surface area contributed by atoms with Crippen molar-refractivity contribution in [3.8, 4) is 0 Å². The molecule has 0 bridgehead atoms. The minimum Gasteiger partial charge on any atom is -0.380 e. The molecule has 0 atom stereocenters. The zero-order valence-corrected chi connectivity index (χ0v) is 12.2. The van der Waals surface area contributed by atoms with Crippen LogP contribution in [0, 0.1) is 6.92 Å². The highest BCUT2D eigenvalue weighted by Crippen LogP contribution is 2.16. The maximum atomic E-state index is 5.35. The van der Waals surface area contributed by atoms with Crippen LogP contribution in [0.5, 0.6) is 0 Å². The molecule has 2 aromatic heterocycles. The van der Waals surface area contributed by atoms with Crippen molar-refractivity contribution >= 4 is 11.5 Å². The van der Waals surface area contributed by atoms with E-state index in [4.69, 9.17) is 4.74 Å². The Kier molecular flexibility index (Phi) is 4.31. The molecule has 0 spiro atoms. The summed E-state index contributed by atoms with van der Waals surface area (Å²) >= 11 is 0. The van der Waals surface area contributed by atoms with Gasteiger partial charge in [0, 0.05) is 31.5 Å². The van der Waals surface area contributed by atoms with Crippen molar-refractivity contribution in [1.82, 2.24) is 9.97 Å². The van der Waals surface area contributed by atoms with Gasteiger partial charge < -0.3 is 15.0 Å². The number of aryl methyl sites for hydroxylation is 1. The standard InChI is InChI=1S/C16H20N4O/c1-13-2-3-14(10-17-13)11-18-15-4-5-16(19-12-15)20-6-8-21-9-7-20/h2-5,10,12,18H,6-9,11H2,1H3. The van der Waals surface area contributed by atoms with Gasteiger partial charge >= 0.3 is 0 Å². The highest BCUT2D eigenvalue weighted by Gasteiger charge is 2.11. The summed E-state index contributed by atoms with van der Waals surface area (Å²) < 4.78 is 5.35. The highest BCUT2D eigenvalue weighted by atomic mass is 16.5. The van der Waals surface area contributed by atoms with Gasteiger partial charge in [-0.1, -0.05) is 6.07 Å². The lowest BCUT2D eigenvalue weighted by Gasteiger charge is -2.27. The third kappa shape index (κ3) is 3.70. The number of rotatable bonds is 4. The summed E-state index contributed by atoms with van der Waals surface area (Å²) in [6.45, 7) is 6.13. The minimum atomic E-state index is 0.756. The molecule has 3 rings (SSSR count). The second-order valence-corrected chi connectivity index (χ2v) is 5.17. The Morgan fingerprint density at radius 1 is 1.10 bits per heavy atom. The molecule has 0 saturated carbocycles. The van der Waals surface area contributed by atoms with Crippen molar-refractivity contribution in [2.45, 2.75) is 13.5 Å². The number of pyridine rings is 2. The Balaban J connectivity index is 1.57.